The largest absolute Gasteiger partial charge is 0.469 e. The zero-order chi connectivity index (χ0) is 14.1. The van der Waals surface area contributed by atoms with Gasteiger partial charge in [-0.25, -0.2) is 0 Å². The fraction of sp³-hybridized carbons (Fsp3) is 0.533. The van der Waals surface area contributed by atoms with Crippen LogP contribution in [-0.2, 0) is 22.5 Å². The van der Waals surface area contributed by atoms with Gasteiger partial charge in [-0.2, -0.15) is 0 Å². The van der Waals surface area contributed by atoms with Crippen molar-refractivity contribution in [2.24, 2.45) is 0 Å². The molecule has 0 aliphatic heterocycles. The van der Waals surface area contributed by atoms with E-state index in [-0.39, 0.29) is 12.6 Å². The average Bonchev–Trinajstić information content (AvgIpc) is 2.41. The van der Waals surface area contributed by atoms with E-state index < -0.39 is 0 Å². The number of carbonyl (C=O) groups excluding carboxylic acids is 1. The fourth-order valence-electron chi connectivity index (χ4n) is 2.08. The van der Waals surface area contributed by atoms with Crippen molar-refractivity contribution in [1.29, 1.82) is 0 Å². The molecule has 0 radical (unpaired) electrons. The van der Waals surface area contributed by atoms with Crippen LogP contribution in [0.2, 0.25) is 0 Å². The van der Waals surface area contributed by atoms with Crippen LogP contribution in [0.3, 0.4) is 0 Å². The molecular weight excluding hydrogens is 242 g/mol. The molecule has 1 N–H and O–H groups in total. The molecule has 4 heteroatoms. The molecule has 0 amide bonds. The Bertz CT molecular complexity index is 387. The summed E-state index contributed by atoms with van der Waals surface area (Å²) in [6.07, 6.45) is 1.34. The zero-order valence-corrected chi connectivity index (χ0v) is 11.8. The third-order valence-corrected chi connectivity index (χ3v) is 3.03. The molecule has 0 unspecified atom stereocenters. The molecule has 0 atom stereocenters. The highest BCUT2D eigenvalue weighted by molar-refractivity contribution is 5.72. The molecule has 0 aliphatic rings. The van der Waals surface area contributed by atoms with E-state index in [1.54, 1.807) is 0 Å². The van der Waals surface area contributed by atoms with Gasteiger partial charge in [0.15, 0.2) is 0 Å². The molecule has 1 aromatic rings. The van der Waals surface area contributed by atoms with Crippen LogP contribution in [0, 0.1) is 0 Å². The summed E-state index contributed by atoms with van der Waals surface area (Å²) in [7, 11) is 1.40. The van der Waals surface area contributed by atoms with Gasteiger partial charge in [0.05, 0.1) is 20.1 Å². The number of methoxy groups -OCH3 is 1. The van der Waals surface area contributed by atoms with Gasteiger partial charge in [0.2, 0.25) is 0 Å². The second-order valence-corrected chi connectivity index (χ2v) is 4.52. The van der Waals surface area contributed by atoms with Crippen LogP contribution in [0.15, 0.2) is 24.3 Å². The molecule has 4 nitrogen and oxygen atoms in total. The van der Waals surface area contributed by atoms with Crippen molar-refractivity contribution in [1.82, 2.24) is 4.90 Å². The highest BCUT2D eigenvalue weighted by Gasteiger charge is 2.11. The number of esters is 1. The minimum absolute atomic E-state index is 0.152. The van der Waals surface area contributed by atoms with Crippen LogP contribution < -0.4 is 0 Å². The van der Waals surface area contributed by atoms with Gasteiger partial charge in [0.1, 0.15) is 0 Å². The third-order valence-electron chi connectivity index (χ3n) is 3.03. The minimum Gasteiger partial charge on any atom is -0.469 e. The molecule has 0 aliphatic carbocycles. The topological polar surface area (TPSA) is 49.8 Å². The van der Waals surface area contributed by atoms with Crippen LogP contribution in [0.1, 0.15) is 24.5 Å². The molecule has 19 heavy (non-hydrogen) atoms. The smallest absolute Gasteiger partial charge is 0.309 e. The van der Waals surface area contributed by atoms with Crippen molar-refractivity contribution in [3.8, 4) is 0 Å². The normalized spacial score (nSPS) is 10.7. The van der Waals surface area contributed by atoms with E-state index in [0.29, 0.717) is 13.0 Å². The van der Waals surface area contributed by atoms with Crippen LogP contribution in [-0.4, -0.2) is 42.8 Å². The summed E-state index contributed by atoms with van der Waals surface area (Å²) >= 11 is 0. The lowest BCUT2D eigenvalue weighted by Crippen LogP contribution is -2.28. The van der Waals surface area contributed by atoms with Crippen molar-refractivity contribution in [2.75, 3.05) is 26.8 Å². The summed E-state index contributed by atoms with van der Waals surface area (Å²) < 4.78 is 4.72. The fourth-order valence-corrected chi connectivity index (χ4v) is 2.08. The summed E-state index contributed by atoms with van der Waals surface area (Å²) in [4.78, 5) is 13.6. The summed E-state index contributed by atoms with van der Waals surface area (Å²) in [6.45, 7) is 4.61. The first kappa shape index (κ1) is 15.7. The van der Waals surface area contributed by atoms with E-state index in [2.05, 4.69) is 11.8 Å². The molecule has 1 rings (SSSR count). The second-order valence-electron chi connectivity index (χ2n) is 4.52. The maximum absolute atomic E-state index is 11.4. The molecule has 0 bridgehead atoms. The first-order valence-electron chi connectivity index (χ1n) is 6.68. The summed E-state index contributed by atoms with van der Waals surface area (Å²) in [5.74, 6) is -0.225. The Balaban J connectivity index is 2.77. The minimum atomic E-state index is -0.225. The number of nitrogens with zero attached hydrogens (tertiary/aromatic N) is 1. The lowest BCUT2D eigenvalue weighted by Gasteiger charge is -2.22. The van der Waals surface area contributed by atoms with Gasteiger partial charge < -0.3 is 9.84 Å². The number of ether oxygens (including phenoxy) is 1. The van der Waals surface area contributed by atoms with Gasteiger partial charge in [0.25, 0.3) is 0 Å². The van der Waals surface area contributed by atoms with Gasteiger partial charge in [-0.3, -0.25) is 9.69 Å². The number of carbonyl (C=O) groups is 1. The van der Waals surface area contributed by atoms with Crippen LogP contribution in [0.25, 0.3) is 0 Å². The maximum atomic E-state index is 11.4. The van der Waals surface area contributed by atoms with E-state index in [4.69, 9.17) is 9.84 Å². The molecule has 0 saturated heterocycles. The highest BCUT2D eigenvalue weighted by Crippen LogP contribution is 2.13. The van der Waals surface area contributed by atoms with Crippen molar-refractivity contribution < 1.29 is 14.6 Å². The van der Waals surface area contributed by atoms with Crippen molar-refractivity contribution >= 4 is 5.97 Å². The quantitative estimate of drug-likeness (QED) is 0.725. The lowest BCUT2D eigenvalue weighted by atomic mass is 10.0. The highest BCUT2D eigenvalue weighted by atomic mass is 16.5. The van der Waals surface area contributed by atoms with Crippen LogP contribution >= 0.6 is 0 Å². The molecular formula is C15H23NO3. The van der Waals surface area contributed by atoms with Gasteiger partial charge >= 0.3 is 5.97 Å². The van der Waals surface area contributed by atoms with Crippen LogP contribution in [0.4, 0.5) is 0 Å². The van der Waals surface area contributed by atoms with E-state index in [1.165, 1.54) is 7.11 Å². The number of hydrogen-bond donors (Lipinski definition) is 1. The number of aliphatic hydroxyl groups is 1. The monoisotopic (exact) mass is 265 g/mol. The van der Waals surface area contributed by atoms with E-state index in [9.17, 15) is 4.79 Å². The molecule has 0 saturated carbocycles. The van der Waals surface area contributed by atoms with E-state index >= 15 is 0 Å². The predicted octanol–water partition coefficient (Wildman–Crippen LogP) is 1.61. The Morgan fingerprint density at radius 1 is 1.26 bits per heavy atom. The van der Waals surface area contributed by atoms with Crippen molar-refractivity contribution in [2.45, 2.75) is 26.3 Å². The lowest BCUT2D eigenvalue weighted by molar-refractivity contribution is -0.139. The molecule has 0 aromatic heterocycles. The zero-order valence-electron chi connectivity index (χ0n) is 11.8. The number of rotatable bonds is 8. The molecule has 0 spiro atoms. The first-order chi connectivity index (χ1) is 9.21. The first-order valence-corrected chi connectivity index (χ1v) is 6.68. The number of benzene rings is 1. The van der Waals surface area contributed by atoms with Crippen molar-refractivity contribution in [3.05, 3.63) is 35.4 Å². The molecule has 0 heterocycles. The predicted molar refractivity (Wildman–Crippen MR) is 74.8 cm³/mol. The third kappa shape index (κ3) is 5.41. The van der Waals surface area contributed by atoms with Crippen LogP contribution in [0.5, 0.6) is 0 Å². The Hall–Kier alpha value is -1.39. The van der Waals surface area contributed by atoms with Gasteiger partial charge in [0, 0.05) is 13.1 Å². The van der Waals surface area contributed by atoms with Gasteiger partial charge in [-0.05, 0) is 24.1 Å². The summed E-state index contributed by atoms with van der Waals surface area (Å²) in [5.41, 5.74) is 2.11. The van der Waals surface area contributed by atoms with Crippen molar-refractivity contribution in [3.63, 3.8) is 0 Å². The molecule has 106 valence electrons. The number of hydrogen-bond acceptors (Lipinski definition) is 4. The second kappa shape index (κ2) is 8.67. The molecule has 0 fully saturated rings. The summed E-state index contributed by atoms with van der Waals surface area (Å²) in [6, 6.07) is 7.88. The SMILES string of the molecule is CCCN(CCO)Cc1ccccc1CC(=O)OC. The standard InChI is InChI=1S/C15H23NO3/c1-3-8-16(9-10-17)12-14-7-5-4-6-13(14)11-15(18)19-2/h4-7,17H,3,8-12H2,1-2H3. The van der Waals surface area contributed by atoms with E-state index in [1.807, 2.05) is 24.3 Å². The Morgan fingerprint density at radius 2 is 1.95 bits per heavy atom. The van der Waals surface area contributed by atoms with E-state index in [0.717, 1.165) is 30.6 Å². The summed E-state index contributed by atoms with van der Waals surface area (Å²) in [5, 5.41) is 9.08. The Morgan fingerprint density at radius 3 is 2.53 bits per heavy atom. The van der Waals surface area contributed by atoms with Gasteiger partial charge in [-0.15, -0.1) is 0 Å². The Kier molecular flexibility index (Phi) is 7.15. The number of aliphatic hydroxyl groups excluding tert-OH is 1. The molecule has 1 aromatic carbocycles. The Labute approximate surface area is 115 Å². The average molecular weight is 265 g/mol. The van der Waals surface area contributed by atoms with Gasteiger partial charge in [-0.1, -0.05) is 31.2 Å². The maximum Gasteiger partial charge on any atom is 0.309 e.